The van der Waals surface area contributed by atoms with Gasteiger partial charge in [-0.2, -0.15) is 0 Å². The first kappa shape index (κ1) is 14.1. The molecule has 0 spiro atoms. The zero-order chi connectivity index (χ0) is 13.8. The minimum absolute atomic E-state index is 0.498. The molecule has 0 aliphatic heterocycles. The van der Waals surface area contributed by atoms with Gasteiger partial charge in [0.05, 0.1) is 5.02 Å². The number of rotatable bonds is 6. The summed E-state index contributed by atoms with van der Waals surface area (Å²) in [5.74, 6) is 0.498. The SMILES string of the molecule is CCCN(CC)CCn1c(N)nc2cc(Cl)cnc21. The molecule has 0 aliphatic rings. The summed E-state index contributed by atoms with van der Waals surface area (Å²) in [6, 6.07) is 1.79. The Balaban J connectivity index is 2.18. The van der Waals surface area contributed by atoms with Crippen molar-refractivity contribution in [2.24, 2.45) is 0 Å². The normalized spacial score (nSPS) is 11.6. The Kier molecular flexibility index (Phi) is 4.61. The lowest BCUT2D eigenvalue weighted by molar-refractivity contribution is 0.278. The minimum Gasteiger partial charge on any atom is -0.369 e. The molecular weight excluding hydrogens is 262 g/mol. The van der Waals surface area contributed by atoms with Crippen LogP contribution in [0.5, 0.6) is 0 Å². The number of pyridine rings is 1. The molecule has 5 nitrogen and oxygen atoms in total. The summed E-state index contributed by atoms with van der Waals surface area (Å²) in [5.41, 5.74) is 7.51. The predicted octanol–water partition coefficient (Wildman–Crippen LogP) is 2.40. The van der Waals surface area contributed by atoms with Crippen LogP contribution in [0.25, 0.3) is 11.2 Å². The second-order valence-electron chi connectivity index (χ2n) is 4.55. The van der Waals surface area contributed by atoms with Crippen molar-refractivity contribution in [3.63, 3.8) is 0 Å². The second-order valence-corrected chi connectivity index (χ2v) is 4.99. The summed E-state index contributed by atoms with van der Waals surface area (Å²) in [6.07, 6.45) is 2.78. The average Bonchev–Trinajstić information content (AvgIpc) is 2.69. The molecule has 0 bridgehead atoms. The van der Waals surface area contributed by atoms with Crippen LogP contribution in [0.1, 0.15) is 20.3 Å². The first-order valence-corrected chi connectivity index (χ1v) is 7.03. The molecule has 0 unspecified atom stereocenters. The Morgan fingerprint density at radius 2 is 2.16 bits per heavy atom. The maximum atomic E-state index is 5.96. The lowest BCUT2D eigenvalue weighted by Crippen LogP contribution is -2.28. The second kappa shape index (κ2) is 6.21. The van der Waals surface area contributed by atoms with Gasteiger partial charge in [0.1, 0.15) is 5.52 Å². The summed E-state index contributed by atoms with van der Waals surface area (Å²) in [4.78, 5) is 11.0. The number of nitrogens with two attached hydrogens (primary N) is 1. The smallest absolute Gasteiger partial charge is 0.202 e. The van der Waals surface area contributed by atoms with Gasteiger partial charge in [0.15, 0.2) is 5.65 Å². The molecule has 2 aromatic rings. The standard InChI is InChI=1S/C13H20ClN5/c1-3-5-18(4-2)6-7-19-12-11(17-13(19)15)8-10(14)9-16-12/h8-9H,3-7H2,1-2H3,(H2,15,17). The first-order valence-electron chi connectivity index (χ1n) is 6.65. The highest BCUT2D eigenvalue weighted by molar-refractivity contribution is 6.31. The van der Waals surface area contributed by atoms with Crippen molar-refractivity contribution in [2.75, 3.05) is 25.4 Å². The van der Waals surface area contributed by atoms with Crippen LogP contribution in [0.4, 0.5) is 5.95 Å². The van der Waals surface area contributed by atoms with Crippen molar-refractivity contribution >= 4 is 28.7 Å². The van der Waals surface area contributed by atoms with E-state index in [4.69, 9.17) is 17.3 Å². The summed E-state index contributed by atoms with van der Waals surface area (Å²) < 4.78 is 1.95. The van der Waals surface area contributed by atoms with Crippen molar-refractivity contribution in [1.29, 1.82) is 0 Å². The molecule has 19 heavy (non-hydrogen) atoms. The third-order valence-corrected chi connectivity index (χ3v) is 3.41. The summed E-state index contributed by atoms with van der Waals surface area (Å²) >= 11 is 5.91. The summed E-state index contributed by atoms with van der Waals surface area (Å²) in [5, 5.41) is 0.582. The molecule has 0 radical (unpaired) electrons. The zero-order valence-corrected chi connectivity index (χ0v) is 12.2. The monoisotopic (exact) mass is 281 g/mol. The van der Waals surface area contributed by atoms with Gasteiger partial charge < -0.3 is 10.6 Å². The van der Waals surface area contributed by atoms with Crippen LogP contribution in [0.15, 0.2) is 12.3 Å². The zero-order valence-electron chi connectivity index (χ0n) is 11.4. The third-order valence-electron chi connectivity index (χ3n) is 3.21. The molecule has 2 N–H and O–H groups in total. The van der Waals surface area contributed by atoms with E-state index < -0.39 is 0 Å². The van der Waals surface area contributed by atoms with Gasteiger partial charge in [-0.1, -0.05) is 25.4 Å². The Morgan fingerprint density at radius 3 is 2.84 bits per heavy atom. The number of imidazole rings is 1. The molecular formula is C13H20ClN5. The number of aromatic nitrogens is 3. The number of halogens is 1. The lowest BCUT2D eigenvalue weighted by Gasteiger charge is -2.19. The maximum Gasteiger partial charge on any atom is 0.202 e. The fourth-order valence-corrected chi connectivity index (χ4v) is 2.36. The quantitative estimate of drug-likeness (QED) is 0.883. The van der Waals surface area contributed by atoms with Gasteiger partial charge in [-0.15, -0.1) is 0 Å². The highest BCUT2D eigenvalue weighted by Gasteiger charge is 2.11. The molecule has 0 atom stereocenters. The van der Waals surface area contributed by atoms with Crippen LogP contribution >= 0.6 is 11.6 Å². The average molecular weight is 282 g/mol. The molecule has 0 aliphatic carbocycles. The van der Waals surface area contributed by atoms with Gasteiger partial charge in [0, 0.05) is 19.3 Å². The maximum absolute atomic E-state index is 5.96. The number of nitrogens with zero attached hydrogens (tertiary/aromatic N) is 4. The molecule has 2 heterocycles. The third kappa shape index (κ3) is 3.16. The highest BCUT2D eigenvalue weighted by Crippen LogP contribution is 2.19. The van der Waals surface area contributed by atoms with E-state index in [2.05, 4.69) is 28.7 Å². The van der Waals surface area contributed by atoms with Gasteiger partial charge in [-0.25, -0.2) is 9.97 Å². The van der Waals surface area contributed by atoms with Crippen molar-refractivity contribution in [1.82, 2.24) is 19.4 Å². The minimum atomic E-state index is 0.498. The Bertz CT molecular complexity index is 551. The van der Waals surface area contributed by atoms with Crippen molar-refractivity contribution < 1.29 is 0 Å². The van der Waals surface area contributed by atoms with Crippen LogP contribution in [-0.4, -0.2) is 39.1 Å². The van der Waals surface area contributed by atoms with Crippen molar-refractivity contribution in [3.05, 3.63) is 17.3 Å². The number of nitrogen functional groups attached to an aromatic ring is 1. The molecule has 0 aromatic carbocycles. The Labute approximate surface area is 118 Å². The largest absolute Gasteiger partial charge is 0.369 e. The van der Waals surface area contributed by atoms with Crippen LogP contribution in [0.3, 0.4) is 0 Å². The first-order chi connectivity index (χ1) is 9.15. The number of hydrogen-bond acceptors (Lipinski definition) is 4. The Morgan fingerprint density at radius 1 is 1.37 bits per heavy atom. The van der Waals surface area contributed by atoms with Crippen LogP contribution in [-0.2, 0) is 6.54 Å². The van der Waals surface area contributed by atoms with E-state index in [1.807, 2.05) is 4.57 Å². The number of hydrogen-bond donors (Lipinski definition) is 1. The molecule has 0 saturated heterocycles. The van der Waals surface area contributed by atoms with Gasteiger partial charge in [-0.05, 0) is 25.6 Å². The van der Waals surface area contributed by atoms with Gasteiger partial charge in [0.2, 0.25) is 5.95 Å². The van der Waals surface area contributed by atoms with E-state index in [9.17, 15) is 0 Å². The summed E-state index contributed by atoms with van der Waals surface area (Å²) in [7, 11) is 0. The van der Waals surface area contributed by atoms with Gasteiger partial charge in [-0.3, -0.25) is 4.57 Å². The van der Waals surface area contributed by atoms with E-state index in [1.54, 1.807) is 12.3 Å². The molecule has 104 valence electrons. The molecule has 6 heteroatoms. The highest BCUT2D eigenvalue weighted by atomic mass is 35.5. The van der Waals surface area contributed by atoms with Crippen LogP contribution in [0.2, 0.25) is 5.02 Å². The molecule has 2 rings (SSSR count). The van der Waals surface area contributed by atoms with Gasteiger partial charge in [0.25, 0.3) is 0 Å². The number of anilines is 1. The van der Waals surface area contributed by atoms with E-state index in [-0.39, 0.29) is 0 Å². The molecule has 0 fully saturated rings. The van der Waals surface area contributed by atoms with Crippen molar-refractivity contribution in [2.45, 2.75) is 26.8 Å². The van der Waals surface area contributed by atoms with Crippen molar-refractivity contribution in [3.8, 4) is 0 Å². The molecule has 2 aromatic heterocycles. The van der Waals surface area contributed by atoms with E-state index in [0.717, 1.165) is 43.8 Å². The fourth-order valence-electron chi connectivity index (χ4n) is 2.21. The number of fused-ring (bicyclic) bond motifs is 1. The van der Waals surface area contributed by atoms with Crippen LogP contribution in [0, 0.1) is 0 Å². The topological polar surface area (TPSA) is 60.0 Å². The molecule has 0 amide bonds. The Hall–Kier alpha value is -1.33. The van der Waals surface area contributed by atoms with E-state index >= 15 is 0 Å². The predicted molar refractivity (Wildman–Crippen MR) is 79.4 cm³/mol. The van der Waals surface area contributed by atoms with Crippen LogP contribution < -0.4 is 5.73 Å². The van der Waals surface area contributed by atoms with E-state index in [0.29, 0.717) is 11.0 Å². The molecule has 0 saturated carbocycles. The number of likely N-dealkylation sites (N-methyl/N-ethyl adjacent to an activating group) is 1. The fraction of sp³-hybridized carbons (Fsp3) is 0.538. The van der Waals surface area contributed by atoms with Gasteiger partial charge >= 0.3 is 0 Å². The lowest BCUT2D eigenvalue weighted by atomic mass is 10.4. The summed E-state index contributed by atoms with van der Waals surface area (Å²) in [6.45, 7) is 8.24. The van der Waals surface area contributed by atoms with E-state index in [1.165, 1.54) is 0 Å².